The van der Waals surface area contributed by atoms with Crippen LogP contribution in [0.15, 0.2) is 29.2 Å². The molecule has 0 amide bonds. The Hall–Kier alpha value is -0.410. The van der Waals surface area contributed by atoms with Crippen LogP contribution in [0.3, 0.4) is 0 Å². The van der Waals surface area contributed by atoms with Gasteiger partial charge in [-0.25, -0.2) is 0 Å². The van der Waals surface area contributed by atoms with E-state index in [0.29, 0.717) is 0 Å². The standard InChI is InChI=1S/C10H13NS2/c1-3-10(11)13-12-9-6-4-5-8(2)7-9/h4-7,11H,3H2,1-2H3. The Morgan fingerprint density at radius 2 is 2.23 bits per heavy atom. The molecule has 1 nitrogen and oxygen atoms in total. The lowest BCUT2D eigenvalue weighted by molar-refractivity contribution is 1.28. The van der Waals surface area contributed by atoms with Gasteiger partial charge < -0.3 is 0 Å². The molecule has 1 rings (SSSR count). The molecule has 0 atom stereocenters. The van der Waals surface area contributed by atoms with Crippen LogP contribution in [0.25, 0.3) is 0 Å². The van der Waals surface area contributed by atoms with E-state index in [9.17, 15) is 0 Å². The molecule has 0 heterocycles. The monoisotopic (exact) mass is 211 g/mol. The zero-order valence-electron chi connectivity index (χ0n) is 7.83. The van der Waals surface area contributed by atoms with Gasteiger partial charge in [-0.2, -0.15) is 0 Å². The molecule has 70 valence electrons. The number of aryl methyl sites for hydroxylation is 1. The van der Waals surface area contributed by atoms with Crippen molar-refractivity contribution in [2.45, 2.75) is 25.2 Å². The third kappa shape index (κ3) is 3.87. The van der Waals surface area contributed by atoms with Gasteiger partial charge in [0.15, 0.2) is 0 Å². The van der Waals surface area contributed by atoms with Gasteiger partial charge in [0.1, 0.15) is 0 Å². The Kier molecular flexibility index (Phi) is 4.39. The summed E-state index contributed by atoms with van der Waals surface area (Å²) in [7, 11) is 3.20. The van der Waals surface area contributed by atoms with Crippen LogP contribution in [0.5, 0.6) is 0 Å². The van der Waals surface area contributed by atoms with Gasteiger partial charge in [-0.05, 0) is 41.8 Å². The predicted octanol–water partition coefficient (Wildman–Crippen LogP) is 4.12. The lowest BCUT2D eigenvalue weighted by Crippen LogP contribution is -1.81. The first-order chi connectivity index (χ1) is 6.22. The lowest BCUT2D eigenvalue weighted by atomic mass is 10.2. The third-order valence-electron chi connectivity index (χ3n) is 1.55. The highest BCUT2D eigenvalue weighted by Crippen LogP contribution is 2.32. The van der Waals surface area contributed by atoms with Crippen LogP contribution in [0, 0.1) is 12.3 Å². The molecule has 0 unspecified atom stereocenters. The van der Waals surface area contributed by atoms with Crippen molar-refractivity contribution in [3.8, 4) is 0 Å². The Labute approximate surface area is 87.2 Å². The van der Waals surface area contributed by atoms with Gasteiger partial charge >= 0.3 is 0 Å². The maximum atomic E-state index is 7.48. The van der Waals surface area contributed by atoms with E-state index in [0.717, 1.165) is 11.5 Å². The molecule has 1 aromatic rings. The highest BCUT2D eigenvalue weighted by molar-refractivity contribution is 8.82. The molecule has 0 aromatic heterocycles. The van der Waals surface area contributed by atoms with Crippen molar-refractivity contribution in [3.05, 3.63) is 29.8 Å². The SMILES string of the molecule is CCC(=N)SSc1cccc(C)c1. The summed E-state index contributed by atoms with van der Waals surface area (Å²) in [6, 6.07) is 8.35. The molecule has 0 saturated heterocycles. The molecule has 13 heavy (non-hydrogen) atoms. The molecular formula is C10H13NS2. The van der Waals surface area contributed by atoms with Crippen LogP contribution in [0.2, 0.25) is 0 Å². The summed E-state index contributed by atoms with van der Waals surface area (Å²) in [5, 5.41) is 8.21. The number of rotatable bonds is 3. The fourth-order valence-corrected chi connectivity index (χ4v) is 2.76. The van der Waals surface area contributed by atoms with Crippen LogP contribution in [-0.2, 0) is 0 Å². The first-order valence-electron chi connectivity index (χ1n) is 4.21. The lowest BCUT2D eigenvalue weighted by Gasteiger charge is -2.01. The second-order valence-electron chi connectivity index (χ2n) is 2.76. The van der Waals surface area contributed by atoms with Crippen LogP contribution >= 0.6 is 21.6 Å². The van der Waals surface area contributed by atoms with E-state index in [1.54, 1.807) is 10.8 Å². The van der Waals surface area contributed by atoms with E-state index in [-0.39, 0.29) is 0 Å². The maximum absolute atomic E-state index is 7.48. The van der Waals surface area contributed by atoms with Crippen molar-refractivity contribution in [3.63, 3.8) is 0 Å². The van der Waals surface area contributed by atoms with Crippen LogP contribution in [0.1, 0.15) is 18.9 Å². The first kappa shape index (κ1) is 10.7. The fraction of sp³-hybridized carbons (Fsp3) is 0.300. The highest BCUT2D eigenvalue weighted by atomic mass is 33.1. The van der Waals surface area contributed by atoms with Crippen molar-refractivity contribution in [1.29, 1.82) is 5.41 Å². The van der Waals surface area contributed by atoms with Gasteiger partial charge in [-0.15, -0.1) is 0 Å². The maximum Gasteiger partial charge on any atom is 0.0748 e. The molecule has 0 bridgehead atoms. The smallest absolute Gasteiger partial charge is 0.0748 e. The summed E-state index contributed by atoms with van der Waals surface area (Å²) in [5.74, 6) is 0. The minimum absolute atomic E-state index is 0.728. The van der Waals surface area contributed by atoms with Gasteiger partial charge in [0.25, 0.3) is 0 Å². The normalized spacial score (nSPS) is 10.0. The van der Waals surface area contributed by atoms with Gasteiger partial charge in [-0.1, -0.05) is 29.9 Å². The molecule has 0 fully saturated rings. The minimum Gasteiger partial charge on any atom is -0.298 e. The molecule has 3 heteroatoms. The largest absolute Gasteiger partial charge is 0.298 e. The highest BCUT2D eigenvalue weighted by Gasteiger charge is 1.97. The summed E-state index contributed by atoms with van der Waals surface area (Å²) in [6.45, 7) is 4.09. The van der Waals surface area contributed by atoms with E-state index in [1.807, 2.05) is 13.0 Å². The molecule has 1 aromatic carbocycles. The fourth-order valence-electron chi connectivity index (χ4n) is 0.825. The number of hydrogen-bond acceptors (Lipinski definition) is 3. The summed E-state index contributed by atoms with van der Waals surface area (Å²) in [4.78, 5) is 1.23. The van der Waals surface area contributed by atoms with Gasteiger partial charge in [0, 0.05) is 4.90 Å². The Bertz CT molecular complexity index is 297. The Morgan fingerprint density at radius 1 is 1.46 bits per heavy atom. The van der Waals surface area contributed by atoms with Gasteiger partial charge in [-0.3, -0.25) is 5.41 Å². The second-order valence-corrected chi connectivity index (χ2v) is 5.06. The zero-order chi connectivity index (χ0) is 9.68. The Morgan fingerprint density at radius 3 is 2.85 bits per heavy atom. The minimum atomic E-state index is 0.728. The van der Waals surface area contributed by atoms with Crippen molar-refractivity contribution < 1.29 is 0 Å². The molecule has 1 N–H and O–H groups in total. The number of nitrogens with one attached hydrogen (secondary N) is 1. The number of hydrogen-bond donors (Lipinski definition) is 1. The molecule has 0 spiro atoms. The van der Waals surface area contributed by atoms with Crippen molar-refractivity contribution in [2.24, 2.45) is 0 Å². The first-order valence-corrected chi connectivity index (χ1v) is 6.36. The predicted molar refractivity (Wildman–Crippen MR) is 62.6 cm³/mol. The molecule has 0 saturated carbocycles. The average molecular weight is 211 g/mol. The van der Waals surface area contributed by atoms with Gasteiger partial charge in [0.05, 0.1) is 5.04 Å². The summed E-state index contributed by atoms with van der Waals surface area (Å²) < 4.78 is 0. The van der Waals surface area contributed by atoms with E-state index in [2.05, 4.69) is 25.1 Å². The molecule has 0 radical (unpaired) electrons. The van der Waals surface area contributed by atoms with Crippen molar-refractivity contribution >= 4 is 26.6 Å². The van der Waals surface area contributed by atoms with E-state index < -0.39 is 0 Å². The van der Waals surface area contributed by atoms with E-state index in [4.69, 9.17) is 5.41 Å². The molecule has 0 aliphatic rings. The van der Waals surface area contributed by atoms with Crippen LogP contribution < -0.4 is 0 Å². The van der Waals surface area contributed by atoms with Crippen LogP contribution in [-0.4, -0.2) is 5.04 Å². The van der Waals surface area contributed by atoms with Crippen molar-refractivity contribution in [2.75, 3.05) is 0 Å². The van der Waals surface area contributed by atoms with E-state index >= 15 is 0 Å². The molecule has 0 aliphatic carbocycles. The summed E-state index contributed by atoms with van der Waals surface area (Å²) in [6.07, 6.45) is 0.823. The Balaban J connectivity index is 2.50. The molecule has 0 aliphatic heterocycles. The van der Waals surface area contributed by atoms with Crippen molar-refractivity contribution in [1.82, 2.24) is 0 Å². The topological polar surface area (TPSA) is 23.9 Å². The quantitative estimate of drug-likeness (QED) is 0.462. The third-order valence-corrected chi connectivity index (χ3v) is 4.00. The van der Waals surface area contributed by atoms with E-state index in [1.165, 1.54) is 21.3 Å². The summed E-state index contributed by atoms with van der Waals surface area (Å²) in [5.41, 5.74) is 1.27. The van der Waals surface area contributed by atoms with Crippen LogP contribution in [0.4, 0.5) is 0 Å². The summed E-state index contributed by atoms with van der Waals surface area (Å²) >= 11 is 0. The average Bonchev–Trinajstić information content (AvgIpc) is 2.14. The van der Waals surface area contributed by atoms with Gasteiger partial charge in [0.2, 0.25) is 0 Å². The number of benzene rings is 1. The zero-order valence-corrected chi connectivity index (χ0v) is 9.47. The second kappa shape index (κ2) is 5.35. The molecular weight excluding hydrogens is 198 g/mol.